The minimum Gasteiger partial charge on any atom is -0.345 e. The number of anilines is 2. The number of nitrogens with zero attached hydrogens (tertiary/aromatic N) is 1. The number of fused-ring (bicyclic) bond motifs is 3. The van der Waals surface area contributed by atoms with Crippen LogP contribution in [0.3, 0.4) is 0 Å². The van der Waals surface area contributed by atoms with E-state index in [9.17, 15) is 0 Å². The summed E-state index contributed by atoms with van der Waals surface area (Å²) in [5, 5.41) is 2.77. The average Bonchev–Trinajstić information content (AvgIpc) is 3.06. The maximum atomic E-state index is 2.38. The SMILES string of the molecule is CCC(CC)(c1ccc(C)cc1)c1ccc(-c2ccc(N(C)c3ccc(-c4ccc5ccc6c(c5c4)CC6)cc3)cc2)cc1. The smallest absolute Gasteiger partial charge is 0.0408 e. The molecule has 0 N–H and O–H groups in total. The molecule has 0 bridgehead atoms. The van der Waals surface area contributed by atoms with Crippen LogP contribution in [0.2, 0.25) is 0 Å². The molecule has 1 nitrogen and oxygen atoms in total. The monoisotopic (exact) mass is 571 g/mol. The quantitative estimate of drug-likeness (QED) is 0.176. The van der Waals surface area contributed by atoms with Crippen molar-refractivity contribution < 1.29 is 0 Å². The van der Waals surface area contributed by atoms with Crippen molar-refractivity contribution in [1.29, 1.82) is 0 Å². The molecule has 1 aliphatic carbocycles. The molecule has 0 heterocycles. The summed E-state index contributed by atoms with van der Waals surface area (Å²) < 4.78 is 0. The summed E-state index contributed by atoms with van der Waals surface area (Å²) in [7, 11) is 2.15. The molecule has 6 aromatic rings. The van der Waals surface area contributed by atoms with E-state index in [4.69, 9.17) is 0 Å². The Hall–Kier alpha value is -4.62. The van der Waals surface area contributed by atoms with E-state index in [1.165, 1.54) is 85.1 Å². The highest BCUT2D eigenvalue weighted by Crippen LogP contribution is 2.40. The van der Waals surface area contributed by atoms with Crippen LogP contribution in [0.15, 0.2) is 127 Å². The molecule has 44 heavy (non-hydrogen) atoms. The van der Waals surface area contributed by atoms with Gasteiger partial charge in [-0.25, -0.2) is 0 Å². The molecule has 0 aromatic heterocycles. The molecule has 0 radical (unpaired) electrons. The van der Waals surface area contributed by atoms with E-state index in [0.29, 0.717) is 0 Å². The van der Waals surface area contributed by atoms with E-state index < -0.39 is 0 Å². The van der Waals surface area contributed by atoms with Crippen molar-refractivity contribution in [3.63, 3.8) is 0 Å². The zero-order chi connectivity index (χ0) is 30.3. The standard InChI is InChI=1S/C43H41N/c1-5-43(6-2,37-20-7-30(3)8-21-37)38-22-13-31(14-23-38)32-15-24-39(25-16-32)44(4)40-26-17-33(18-27-40)36-12-11-35-10-9-34-19-28-41(34)42(35)29-36/h7-18,20-27,29H,5-6,19,28H2,1-4H3. The highest BCUT2D eigenvalue weighted by Gasteiger charge is 2.30. The number of benzene rings is 6. The third-order valence-corrected chi connectivity index (χ3v) is 10.3. The van der Waals surface area contributed by atoms with Crippen molar-refractivity contribution in [2.24, 2.45) is 0 Å². The Morgan fingerprint density at radius 1 is 0.545 bits per heavy atom. The second-order valence-electron chi connectivity index (χ2n) is 12.5. The summed E-state index contributed by atoms with van der Waals surface area (Å²) in [6.45, 7) is 6.79. The van der Waals surface area contributed by atoms with Gasteiger partial charge in [-0.05, 0) is 118 Å². The molecule has 0 unspecified atom stereocenters. The highest BCUT2D eigenvalue weighted by atomic mass is 15.1. The fourth-order valence-electron chi connectivity index (χ4n) is 7.21. The molecule has 0 saturated heterocycles. The van der Waals surface area contributed by atoms with Gasteiger partial charge in [-0.1, -0.05) is 116 Å². The molecule has 1 aliphatic rings. The molecular formula is C43H41N. The summed E-state index contributed by atoms with van der Waals surface area (Å²) in [6.07, 6.45) is 4.59. The maximum absolute atomic E-state index is 2.38. The van der Waals surface area contributed by atoms with Crippen molar-refractivity contribution in [3.8, 4) is 22.3 Å². The molecule has 0 amide bonds. The van der Waals surface area contributed by atoms with Crippen LogP contribution >= 0.6 is 0 Å². The Balaban J connectivity index is 1.08. The molecule has 0 aliphatic heterocycles. The maximum Gasteiger partial charge on any atom is 0.0408 e. The van der Waals surface area contributed by atoms with E-state index in [0.717, 1.165) is 12.8 Å². The number of hydrogen-bond acceptors (Lipinski definition) is 1. The second kappa shape index (κ2) is 11.5. The average molecular weight is 572 g/mol. The minimum atomic E-state index is 0.0449. The number of hydrogen-bond donors (Lipinski definition) is 0. The Kier molecular flexibility index (Phi) is 7.34. The van der Waals surface area contributed by atoms with Gasteiger partial charge in [0, 0.05) is 23.8 Å². The highest BCUT2D eigenvalue weighted by molar-refractivity contribution is 5.92. The molecule has 6 aromatic carbocycles. The lowest BCUT2D eigenvalue weighted by Gasteiger charge is -2.33. The lowest BCUT2D eigenvalue weighted by Crippen LogP contribution is -2.26. The van der Waals surface area contributed by atoms with Gasteiger partial charge in [0.05, 0.1) is 0 Å². The van der Waals surface area contributed by atoms with Gasteiger partial charge in [-0.2, -0.15) is 0 Å². The minimum absolute atomic E-state index is 0.0449. The van der Waals surface area contributed by atoms with Crippen LogP contribution in [0.4, 0.5) is 11.4 Å². The van der Waals surface area contributed by atoms with E-state index in [1.54, 1.807) is 0 Å². The Bertz CT molecular complexity index is 1910. The van der Waals surface area contributed by atoms with Crippen LogP contribution in [0.25, 0.3) is 33.0 Å². The van der Waals surface area contributed by atoms with Gasteiger partial charge in [0.25, 0.3) is 0 Å². The van der Waals surface area contributed by atoms with Crippen molar-refractivity contribution in [3.05, 3.63) is 155 Å². The first-order valence-electron chi connectivity index (χ1n) is 16.2. The van der Waals surface area contributed by atoms with E-state index >= 15 is 0 Å². The van der Waals surface area contributed by atoms with Crippen LogP contribution in [-0.4, -0.2) is 7.05 Å². The lowest BCUT2D eigenvalue weighted by molar-refractivity contribution is 0.478. The largest absolute Gasteiger partial charge is 0.345 e. The molecule has 1 heteroatoms. The molecule has 0 saturated carbocycles. The molecule has 0 spiro atoms. The predicted octanol–water partition coefficient (Wildman–Crippen LogP) is 11.5. The number of aryl methyl sites for hydroxylation is 3. The first kappa shape index (κ1) is 28.2. The topological polar surface area (TPSA) is 3.24 Å². The second-order valence-corrected chi connectivity index (χ2v) is 12.5. The Morgan fingerprint density at radius 2 is 1.02 bits per heavy atom. The van der Waals surface area contributed by atoms with Crippen LogP contribution in [-0.2, 0) is 18.3 Å². The van der Waals surface area contributed by atoms with Gasteiger partial charge in [0.1, 0.15) is 0 Å². The van der Waals surface area contributed by atoms with Crippen molar-refractivity contribution in [2.75, 3.05) is 11.9 Å². The first-order valence-corrected chi connectivity index (χ1v) is 16.2. The molecule has 218 valence electrons. The molecule has 7 rings (SSSR count). The van der Waals surface area contributed by atoms with Crippen LogP contribution in [0, 0.1) is 6.92 Å². The third-order valence-electron chi connectivity index (χ3n) is 10.3. The van der Waals surface area contributed by atoms with Crippen LogP contribution in [0.5, 0.6) is 0 Å². The van der Waals surface area contributed by atoms with Gasteiger partial charge in [-0.3, -0.25) is 0 Å². The zero-order valence-electron chi connectivity index (χ0n) is 26.4. The van der Waals surface area contributed by atoms with Gasteiger partial charge < -0.3 is 4.90 Å². The van der Waals surface area contributed by atoms with E-state index in [2.05, 4.69) is 160 Å². The zero-order valence-corrected chi connectivity index (χ0v) is 26.4. The third kappa shape index (κ3) is 4.91. The molecule has 0 fully saturated rings. The summed E-state index contributed by atoms with van der Waals surface area (Å²) in [6, 6.07) is 47.7. The summed E-state index contributed by atoms with van der Waals surface area (Å²) in [4.78, 5) is 2.26. The summed E-state index contributed by atoms with van der Waals surface area (Å²) in [5.41, 5.74) is 14.6. The van der Waals surface area contributed by atoms with Crippen molar-refractivity contribution in [2.45, 2.75) is 51.9 Å². The fourth-order valence-corrected chi connectivity index (χ4v) is 7.21. The fraction of sp³-hybridized carbons (Fsp3) is 0.209. The van der Waals surface area contributed by atoms with Crippen molar-refractivity contribution >= 4 is 22.1 Å². The Morgan fingerprint density at radius 3 is 1.55 bits per heavy atom. The lowest BCUT2D eigenvalue weighted by atomic mass is 9.70. The molecular weight excluding hydrogens is 530 g/mol. The normalized spacial score (nSPS) is 12.5. The van der Waals surface area contributed by atoms with Crippen LogP contribution < -0.4 is 4.90 Å². The van der Waals surface area contributed by atoms with Gasteiger partial charge in [-0.15, -0.1) is 0 Å². The van der Waals surface area contributed by atoms with Crippen LogP contribution in [0.1, 0.15) is 54.5 Å². The summed E-state index contributed by atoms with van der Waals surface area (Å²) in [5.74, 6) is 0. The molecule has 0 atom stereocenters. The Labute approximate surface area is 262 Å². The predicted molar refractivity (Wildman–Crippen MR) is 189 cm³/mol. The summed E-state index contributed by atoms with van der Waals surface area (Å²) >= 11 is 0. The van der Waals surface area contributed by atoms with Gasteiger partial charge in [0.15, 0.2) is 0 Å². The van der Waals surface area contributed by atoms with Gasteiger partial charge in [0.2, 0.25) is 0 Å². The van der Waals surface area contributed by atoms with Gasteiger partial charge >= 0.3 is 0 Å². The number of rotatable bonds is 8. The van der Waals surface area contributed by atoms with E-state index in [-0.39, 0.29) is 5.41 Å². The van der Waals surface area contributed by atoms with Crippen molar-refractivity contribution in [1.82, 2.24) is 0 Å². The first-order chi connectivity index (χ1) is 21.5. The van der Waals surface area contributed by atoms with E-state index in [1.807, 2.05) is 0 Å².